The number of carbonyl (C=O) groups excluding carboxylic acids is 1. The third-order valence-electron chi connectivity index (χ3n) is 4.71. The Morgan fingerprint density at radius 2 is 1.86 bits per heavy atom. The summed E-state index contributed by atoms with van der Waals surface area (Å²) in [5.41, 5.74) is 2.59. The minimum atomic E-state index is -0.484. The number of aryl methyl sites for hydroxylation is 1. The smallest absolute Gasteiger partial charge is 0.265 e. The lowest BCUT2D eigenvalue weighted by atomic mass is 10.1. The highest BCUT2D eigenvalue weighted by molar-refractivity contribution is 6.31. The quantitative estimate of drug-likeness (QED) is 0.539. The van der Waals surface area contributed by atoms with Crippen molar-refractivity contribution in [3.05, 3.63) is 105 Å². The third-order valence-corrected chi connectivity index (χ3v) is 5.11. The van der Waals surface area contributed by atoms with Gasteiger partial charge in [0.25, 0.3) is 11.5 Å². The number of nitrogens with one attached hydrogen (secondary N) is 1. The summed E-state index contributed by atoms with van der Waals surface area (Å²) in [5.74, 6) is -0.484. The van der Waals surface area contributed by atoms with Crippen LogP contribution in [-0.2, 0) is 6.54 Å². The van der Waals surface area contributed by atoms with Gasteiger partial charge in [-0.05, 0) is 48.4 Å². The lowest BCUT2D eigenvalue weighted by Gasteiger charge is -2.13. The second kappa shape index (κ2) is 7.89. The minimum Gasteiger partial charge on any atom is -0.322 e. The molecule has 0 aliphatic rings. The number of aromatic nitrogens is 2. The fourth-order valence-electron chi connectivity index (χ4n) is 3.15. The minimum absolute atomic E-state index is 0.0538. The molecule has 1 amide bonds. The van der Waals surface area contributed by atoms with Crippen LogP contribution in [0, 0.1) is 6.92 Å². The lowest BCUT2D eigenvalue weighted by Crippen LogP contribution is -2.30. The van der Waals surface area contributed by atoms with Crippen LogP contribution in [-0.4, -0.2) is 15.5 Å². The Kier molecular flexibility index (Phi) is 5.14. The second-order valence-electron chi connectivity index (χ2n) is 6.77. The van der Waals surface area contributed by atoms with Crippen LogP contribution in [0.25, 0.3) is 11.0 Å². The number of benzene rings is 2. The summed E-state index contributed by atoms with van der Waals surface area (Å²) in [6.07, 6.45) is 1.64. The number of hydrogen-bond donors (Lipinski definition) is 1. The molecule has 0 spiro atoms. The standard InChI is InChI=1S/C23H18ClN3O2/c1-15-9-10-18(13-20(15)24)26-22(28)19-12-17-8-5-11-25-21(17)27(23(19)29)14-16-6-3-2-4-7-16/h2-13H,14H2,1H3,(H,26,28). The Morgan fingerprint density at radius 3 is 2.62 bits per heavy atom. The van der Waals surface area contributed by atoms with E-state index in [1.807, 2.05) is 49.4 Å². The van der Waals surface area contributed by atoms with Crippen LogP contribution in [0.15, 0.2) is 77.7 Å². The average molecular weight is 404 g/mol. The second-order valence-corrected chi connectivity index (χ2v) is 7.18. The number of hydrogen-bond acceptors (Lipinski definition) is 3. The monoisotopic (exact) mass is 403 g/mol. The molecule has 0 fully saturated rings. The van der Waals surface area contributed by atoms with Gasteiger partial charge in [0.05, 0.1) is 6.54 Å². The molecule has 0 unspecified atom stereocenters. The molecule has 0 aliphatic heterocycles. The van der Waals surface area contributed by atoms with Crippen molar-refractivity contribution in [3.63, 3.8) is 0 Å². The highest BCUT2D eigenvalue weighted by Gasteiger charge is 2.17. The van der Waals surface area contributed by atoms with Gasteiger partial charge in [-0.25, -0.2) is 4.98 Å². The Hall–Kier alpha value is -3.44. The summed E-state index contributed by atoms with van der Waals surface area (Å²) in [4.78, 5) is 30.4. The highest BCUT2D eigenvalue weighted by Crippen LogP contribution is 2.21. The number of fused-ring (bicyclic) bond motifs is 1. The molecule has 0 bridgehead atoms. The molecule has 0 radical (unpaired) electrons. The number of nitrogens with zero attached hydrogens (tertiary/aromatic N) is 2. The van der Waals surface area contributed by atoms with Gasteiger partial charge in [-0.15, -0.1) is 0 Å². The Balaban J connectivity index is 1.78. The molecule has 5 nitrogen and oxygen atoms in total. The van der Waals surface area contributed by atoms with Gasteiger partial charge < -0.3 is 5.32 Å². The van der Waals surface area contributed by atoms with E-state index in [1.165, 1.54) is 4.57 Å². The normalized spacial score (nSPS) is 10.8. The van der Waals surface area contributed by atoms with E-state index >= 15 is 0 Å². The first kappa shape index (κ1) is 18.9. The molecule has 144 valence electrons. The molecular formula is C23H18ClN3O2. The van der Waals surface area contributed by atoms with E-state index in [-0.39, 0.29) is 5.56 Å². The van der Waals surface area contributed by atoms with E-state index < -0.39 is 11.5 Å². The number of carbonyl (C=O) groups is 1. The maximum Gasteiger partial charge on any atom is 0.265 e. The fraction of sp³-hybridized carbons (Fsp3) is 0.0870. The Bertz CT molecular complexity index is 1270. The zero-order valence-electron chi connectivity index (χ0n) is 15.7. The molecule has 0 saturated heterocycles. The zero-order chi connectivity index (χ0) is 20.4. The van der Waals surface area contributed by atoms with E-state index in [4.69, 9.17) is 11.6 Å². The molecular weight excluding hydrogens is 386 g/mol. The number of amides is 1. The summed E-state index contributed by atoms with van der Waals surface area (Å²) in [7, 11) is 0. The van der Waals surface area contributed by atoms with Gasteiger partial charge in [0, 0.05) is 22.3 Å². The largest absolute Gasteiger partial charge is 0.322 e. The Labute approximate surface area is 172 Å². The molecule has 0 aliphatic carbocycles. The fourth-order valence-corrected chi connectivity index (χ4v) is 3.33. The molecule has 2 heterocycles. The first-order chi connectivity index (χ1) is 14.0. The van der Waals surface area contributed by atoms with Crippen molar-refractivity contribution in [3.8, 4) is 0 Å². The van der Waals surface area contributed by atoms with Crippen LogP contribution in [0.3, 0.4) is 0 Å². The van der Waals surface area contributed by atoms with Crippen LogP contribution < -0.4 is 10.9 Å². The number of pyridine rings is 2. The maximum absolute atomic E-state index is 13.2. The van der Waals surface area contributed by atoms with Crippen LogP contribution in [0.4, 0.5) is 5.69 Å². The summed E-state index contributed by atoms with van der Waals surface area (Å²) in [6.45, 7) is 2.21. The van der Waals surface area contributed by atoms with E-state index in [2.05, 4.69) is 10.3 Å². The SMILES string of the molecule is Cc1ccc(NC(=O)c2cc3cccnc3n(Cc3ccccc3)c2=O)cc1Cl. The predicted molar refractivity (Wildman–Crippen MR) is 116 cm³/mol. The summed E-state index contributed by atoms with van der Waals surface area (Å²) >= 11 is 6.14. The summed E-state index contributed by atoms with van der Waals surface area (Å²) in [6, 6.07) is 20.0. The maximum atomic E-state index is 13.2. The molecule has 6 heteroatoms. The first-order valence-corrected chi connectivity index (χ1v) is 9.51. The van der Waals surface area contributed by atoms with E-state index in [0.29, 0.717) is 22.9 Å². The van der Waals surface area contributed by atoms with E-state index in [9.17, 15) is 9.59 Å². The number of rotatable bonds is 4. The van der Waals surface area contributed by atoms with Gasteiger partial charge in [0.2, 0.25) is 0 Å². The van der Waals surface area contributed by atoms with Crippen molar-refractivity contribution >= 4 is 34.2 Å². The van der Waals surface area contributed by atoms with Crippen LogP contribution in [0.2, 0.25) is 5.02 Å². The molecule has 29 heavy (non-hydrogen) atoms. The van der Waals surface area contributed by atoms with Crippen molar-refractivity contribution in [1.29, 1.82) is 0 Å². The van der Waals surface area contributed by atoms with Gasteiger partial charge >= 0.3 is 0 Å². The van der Waals surface area contributed by atoms with E-state index in [1.54, 1.807) is 30.5 Å². The topological polar surface area (TPSA) is 64.0 Å². The van der Waals surface area contributed by atoms with Crippen LogP contribution in [0.5, 0.6) is 0 Å². The van der Waals surface area contributed by atoms with E-state index in [0.717, 1.165) is 16.5 Å². The lowest BCUT2D eigenvalue weighted by molar-refractivity contribution is 0.102. The third kappa shape index (κ3) is 3.91. The van der Waals surface area contributed by atoms with Gasteiger partial charge in [-0.1, -0.05) is 48.0 Å². The molecule has 4 aromatic rings. The predicted octanol–water partition coefficient (Wildman–Crippen LogP) is 4.66. The molecule has 0 atom stereocenters. The first-order valence-electron chi connectivity index (χ1n) is 9.13. The molecule has 2 aromatic carbocycles. The zero-order valence-corrected chi connectivity index (χ0v) is 16.5. The average Bonchev–Trinajstić information content (AvgIpc) is 2.73. The molecule has 4 rings (SSSR count). The van der Waals surface area contributed by atoms with Crippen molar-refractivity contribution in [2.45, 2.75) is 13.5 Å². The van der Waals surface area contributed by atoms with Gasteiger partial charge in [-0.2, -0.15) is 0 Å². The Morgan fingerprint density at radius 1 is 1.07 bits per heavy atom. The summed E-state index contributed by atoms with van der Waals surface area (Å²) < 4.78 is 1.53. The van der Waals surface area contributed by atoms with Gasteiger partial charge in [0.1, 0.15) is 11.2 Å². The van der Waals surface area contributed by atoms with Crippen LogP contribution >= 0.6 is 11.6 Å². The van der Waals surface area contributed by atoms with Gasteiger partial charge in [-0.3, -0.25) is 14.2 Å². The van der Waals surface area contributed by atoms with Crippen molar-refractivity contribution in [2.75, 3.05) is 5.32 Å². The molecule has 2 aromatic heterocycles. The number of anilines is 1. The van der Waals surface area contributed by atoms with Crippen molar-refractivity contribution in [1.82, 2.24) is 9.55 Å². The van der Waals surface area contributed by atoms with Crippen LogP contribution in [0.1, 0.15) is 21.5 Å². The molecule has 0 saturated carbocycles. The highest BCUT2D eigenvalue weighted by atomic mass is 35.5. The van der Waals surface area contributed by atoms with Crippen molar-refractivity contribution in [2.24, 2.45) is 0 Å². The van der Waals surface area contributed by atoms with Crippen molar-refractivity contribution < 1.29 is 4.79 Å². The number of halogens is 1. The summed E-state index contributed by atoms with van der Waals surface area (Å²) in [5, 5.41) is 4.03. The van der Waals surface area contributed by atoms with Gasteiger partial charge in [0.15, 0.2) is 0 Å². The molecule has 1 N–H and O–H groups in total.